The molecule has 0 aliphatic carbocycles. The van der Waals surface area contributed by atoms with Crippen LogP contribution in [0.15, 0.2) is 0 Å². The van der Waals surface area contributed by atoms with E-state index in [-0.39, 0.29) is 17.6 Å². The van der Waals surface area contributed by atoms with E-state index in [0.29, 0.717) is 12.8 Å². The summed E-state index contributed by atoms with van der Waals surface area (Å²) in [5.74, 6) is -0.571. The van der Waals surface area contributed by atoms with Crippen molar-refractivity contribution >= 4 is 0 Å². The highest BCUT2D eigenvalue weighted by molar-refractivity contribution is 5.20. The molecule has 4 heteroatoms. The van der Waals surface area contributed by atoms with Crippen LogP contribution in [0.25, 0.3) is 0 Å². The number of hydrogen-bond acceptors (Lipinski definition) is 4. The van der Waals surface area contributed by atoms with Crippen molar-refractivity contribution < 1.29 is 19.3 Å². The van der Waals surface area contributed by atoms with Gasteiger partial charge in [-0.25, -0.2) is 0 Å². The van der Waals surface area contributed by atoms with Crippen molar-refractivity contribution in [1.82, 2.24) is 0 Å². The van der Waals surface area contributed by atoms with Crippen molar-refractivity contribution in [1.29, 1.82) is 0 Å². The molecule has 3 aliphatic heterocycles. The summed E-state index contributed by atoms with van der Waals surface area (Å²) in [6, 6.07) is 0. The quantitative estimate of drug-likeness (QED) is 0.743. The van der Waals surface area contributed by atoms with Crippen LogP contribution in [0.4, 0.5) is 0 Å². The Hall–Kier alpha value is -0.160. The standard InChI is InChI=1S/C16H28O4/c1-12(2,3)16(17)8-14(6)10-11(15(7,9-16)20-14)19-13(4,5)18-10/h10-11,17H,8-9H2,1-7H3/t10-,11+,14+,15-,16?. The van der Waals surface area contributed by atoms with E-state index in [1.807, 2.05) is 13.8 Å². The van der Waals surface area contributed by atoms with Crippen LogP contribution < -0.4 is 0 Å². The fourth-order valence-corrected chi connectivity index (χ4v) is 4.33. The largest absolute Gasteiger partial charge is 0.389 e. The summed E-state index contributed by atoms with van der Waals surface area (Å²) in [7, 11) is 0. The first kappa shape index (κ1) is 14.8. The fraction of sp³-hybridized carbons (Fsp3) is 1.00. The Morgan fingerprint density at radius 2 is 1.30 bits per heavy atom. The zero-order valence-corrected chi connectivity index (χ0v) is 13.7. The van der Waals surface area contributed by atoms with Crippen LogP contribution in [0.2, 0.25) is 0 Å². The van der Waals surface area contributed by atoms with Gasteiger partial charge in [-0.15, -0.1) is 0 Å². The molecule has 1 N–H and O–H groups in total. The Morgan fingerprint density at radius 1 is 0.900 bits per heavy atom. The van der Waals surface area contributed by atoms with E-state index >= 15 is 0 Å². The van der Waals surface area contributed by atoms with Crippen LogP contribution in [0.5, 0.6) is 0 Å². The molecule has 116 valence electrons. The number of aliphatic hydroxyl groups is 1. The topological polar surface area (TPSA) is 47.9 Å². The van der Waals surface area contributed by atoms with Crippen molar-refractivity contribution in [3.8, 4) is 0 Å². The molecule has 0 amide bonds. The molecule has 3 aliphatic rings. The van der Waals surface area contributed by atoms with E-state index in [2.05, 4.69) is 34.6 Å². The van der Waals surface area contributed by atoms with E-state index in [4.69, 9.17) is 14.2 Å². The van der Waals surface area contributed by atoms with E-state index in [1.54, 1.807) is 0 Å². The molecule has 0 aromatic rings. The first-order valence-electron chi connectivity index (χ1n) is 7.59. The second-order valence-electron chi connectivity index (χ2n) is 8.84. The SMILES string of the molecule is CC1(C)O[C@@H]2[C@H](O1)[C@@]1(C)CC(O)(C(C)(C)C)C[C@]2(C)O1. The normalized spacial score (nSPS) is 54.0. The van der Waals surface area contributed by atoms with Crippen LogP contribution in [0.1, 0.15) is 61.3 Å². The molecule has 2 bridgehead atoms. The average molecular weight is 284 g/mol. The molecule has 3 rings (SSSR count). The minimum atomic E-state index is -0.768. The van der Waals surface area contributed by atoms with Gasteiger partial charge < -0.3 is 19.3 Å². The third-order valence-electron chi connectivity index (χ3n) is 5.45. The van der Waals surface area contributed by atoms with Crippen LogP contribution in [0, 0.1) is 5.41 Å². The van der Waals surface area contributed by atoms with Gasteiger partial charge in [0, 0.05) is 12.8 Å². The van der Waals surface area contributed by atoms with E-state index < -0.39 is 22.6 Å². The lowest BCUT2D eigenvalue weighted by molar-refractivity contribution is -0.281. The predicted octanol–water partition coefficient (Wildman–Crippen LogP) is 2.63. The predicted molar refractivity (Wildman–Crippen MR) is 75.4 cm³/mol. The van der Waals surface area contributed by atoms with E-state index in [1.165, 1.54) is 0 Å². The number of hydrogen-bond donors (Lipinski definition) is 1. The molecule has 0 radical (unpaired) electrons. The second kappa shape index (κ2) is 3.60. The number of ether oxygens (including phenoxy) is 3. The lowest BCUT2D eigenvalue weighted by Gasteiger charge is -2.52. The lowest BCUT2D eigenvalue weighted by atomic mass is 9.66. The van der Waals surface area contributed by atoms with Crippen molar-refractivity contribution in [2.75, 3.05) is 0 Å². The van der Waals surface area contributed by atoms with Crippen LogP contribution in [-0.2, 0) is 14.2 Å². The van der Waals surface area contributed by atoms with Gasteiger partial charge >= 0.3 is 0 Å². The van der Waals surface area contributed by atoms with Crippen molar-refractivity contribution in [2.24, 2.45) is 5.41 Å². The summed E-state index contributed by atoms with van der Waals surface area (Å²) in [5.41, 5.74) is -1.95. The highest BCUT2D eigenvalue weighted by atomic mass is 16.8. The molecular weight excluding hydrogens is 256 g/mol. The third kappa shape index (κ3) is 1.81. The van der Waals surface area contributed by atoms with Gasteiger partial charge in [0.05, 0.1) is 16.8 Å². The van der Waals surface area contributed by atoms with Gasteiger partial charge in [0.15, 0.2) is 5.79 Å². The molecule has 0 aromatic carbocycles. The third-order valence-corrected chi connectivity index (χ3v) is 5.45. The Morgan fingerprint density at radius 3 is 1.65 bits per heavy atom. The number of fused-ring (bicyclic) bond motifs is 5. The monoisotopic (exact) mass is 284 g/mol. The maximum Gasteiger partial charge on any atom is 0.164 e. The summed E-state index contributed by atoms with van der Waals surface area (Å²) < 4.78 is 18.5. The summed E-state index contributed by atoms with van der Waals surface area (Å²) in [6.07, 6.45) is 0.942. The molecule has 3 heterocycles. The average Bonchev–Trinajstić information content (AvgIpc) is 2.57. The summed E-state index contributed by atoms with van der Waals surface area (Å²) >= 11 is 0. The van der Waals surface area contributed by atoms with E-state index in [0.717, 1.165) is 0 Å². The molecule has 1 unspecified atom stereocenters. The molecule has 20 heavy (non-hydrogen) atoms. The Kier molecular flexibility index (Phi) is 2.65. The molecule has 3 fully saturated rings. The van der Waals surface area contributed by atoms with Gasteiger partial charge in [-0.05, 0) is 33.1 Å². The van der Waals surface area contributed by atoms with Crippen LogP contribution in [0.3, 0.4) is 0 Å². The zero-order valence-electron chi connectivity index (χ0n) is 13.7. The van der Waals surface area contributed by atoms with Gasteiger partial charge in [0.1, 0.15) is 12.2 Å². The first-order valence-corrected chi connectivity index (χ1v) is 7.59. The lowest BCUT2D eigenvalue weighted by Crippen LogP contribution is -2.59. The van der Waals surface area contributed by atoms with Gasteiger partial charge in [-0.2, -0.15) is 0 Å². The van der Waals surface area contributed by atoms with Crippen molar-refractivity contribution in [2.45, 2.75) is 96.1 Å². The van der Waals surface area contributed by atoms with Gasteiger partial charge in [0.25, 0.3) is 0 Å². The highest BCUT2D eigenvalue weighted by Gasteiger charge is 2.72. The number of rotatable bonds is 0. The van der Waals surface area contributed by atoms with Gasteiger partial charge in [-0.1, -0.05) is 20.8 Å². The Bertz CT molecular complexity index is 410. The van der Waals surface area contributed by atoms with Gasteiger partial charge in [-0.3, -0.25) is 0 Å². The molecule has 5 atom stereocenters. The summed E-state index contributed by atoms with van der Waals surface area (Å²) in [5, 5.41) is 11.2. The molecule has 0 saturated carbocycles. The van der Waals surface area contributed by atoms with Crippen LogP contribution in [-0.4, -0.2) is 39.9 Å². The summed E-state index contributed by atoms with van der Waals surface area (Å²) in [6.45, 7) is 14.3. The minimum Gasteiger partial charge on any atom is -0.389 e. The maximum atomic E-state index is 11.2. The summed E-state index contributed by atoms with van der Waals surface area (Å²) in [4.78, 5) is 0. The smallest absolute Gasteiger partial charge is 0.164 e. The van der Waals surface area contributed by atoms with Crippen LogP contribution >= 0.6 is 0 Å². The van der Waals surface area contributed by atoms with Gasteiger partial charge in [0.2, 0.25) is 0 Å². The molecule has 3 saturated heterocycles. The van der Waals surface area contributed by atoms with Crippen molar-refractivity contribution in [3.63, 3.8) is 0 Å². The Balaban J connectivity index is 2.01. The Labute approximate surface area is 121 Å². The van der Waals surface area contributed by atoms with Crippen molar-refractivity contribution in [3.05, 3.63) is 0 Å². The highest BCUT2D eigenvalue weighted by Crippen LogP contribution is 2.60. The molecular formula is C16H28O4. The zero-order chi connectivity index (χ0) is 15.2. The molecule has 0 spiro atoms. The second-order valence-corrected chi connectivity index (χ2v) is 8.84. The first-order chi connectivity index (χ1) is 8.81. The fourth-order valence-electron chi connectivity index (χ4n) is 4.33. The van der Waals surface area contributed by atoms with E-state index in [9.17, 15) is 5.11 Å². The molecule has 4 nitrogen and oxygen atoms in total. The molecule has 0 aromatic heterocycles. The maximum absolute atomic E-state index is 11.2. The minimum absolute atomic E-state index is 0.112.